The molecule has 0 aromatic heterocycles. The number of piperidine rings is 1. The smallest absolute Gasteiger partial charge is 0.240 e. The first-order valence-corrected chi connectivity index (χ1v) is 5.40. The third-order valence-corrected chi connectivity index (χ3v) is 2.92. The molecule has 0 bridgehead atoms. The highest BCUT2D eigenvalue weighted by Gasteiger charge is 2.26. The zero-order valence-electron chi connectivity index (χ0n) is 8.73. The maximum atomic E-state index is 11.3. The Hall–Kier alpha value is -1.51. The van der Waals surface area contributed by atoms with E-state index in [9.17, 15) is 4.79 Å². The summed E-state index contributed by atoms with van der Waals surface area (Å²) in [6.45, 7) is 0.928. The average Bonchev–Trinajstić information content (AvgIpc) is 2.30. The standard InChI is InChI=1S/C12H16N2O/c13-12(15)11-8-4-5-9-14(11)10-6-2-1-3-7-10/h1-3,6-7,11H,4-5,8-9H2,(H2,13,15)/t11-/m0/s1. The molecule has 3 nitrogen and oxygen atoms in total. The summed E-state index contributed by atoms with van der Waals surface area (Å²) in [6, 6.07) is 9.89. The Morgan fingerprint density at radius 3 is 2.67 bits per heavy atom. The van der Waals surface area contributed by atoms with Crippen molar-refractivity contribution in [3.05, 3.63) is 30.3 Å². The van der Waals surface area contributed by atoms with Crippen molar-refractivity contribution in [3.63, 3.8) is 0 Å². The van der Waals surface area contributed by atoms with Crippen LogP contribution in [-0.4, -0.2) is 18.5 Å². The third kappa shape index (κ3) is 2.12. The number of rotatable bonds is 2. The van der Waals surface area contributed by atoms with Gasteiger partial charge in [0, 0.05) is 12.2 Å². The van der Waals surface area contributed by atoms with Crippen LogP contribution >= 0.6 is 0 Å². The van der Waals surface area contributed by atoms with Crippen molar-refractivity contribution < 1.29 is 4.79 Å². The molecule has 2 rings (SSSR count). The summed E-state index contributed by atoms with van der Waals surface area (Å²) in [5.74, 6) is -0.210. The molecule has 1 saturated heterocycles. The average molecular weight is 204 g/mol. The van der Waals surface area contributed by atoms with E-state index in [1.165, 1.54) is 0 Å². The predicted octanol–water partition coefficient (Wildman–Crippen LogP) is 1.53. The van der Waals surface area contributed by atoms with Crippen molar-refractivity contribution in [2.45, 2.75) is 25.3 Å². The van der Waals surface area contributed by atoms with Gasteiger partial charge in [0.05, 0.1) is 0 Å². The number of amides is 1. The fraction of sp³-hybridized carbons (Fsp3) is 0.417. The van der Waals surface area contributed by atoms with Crippen LogP contribution in [0, 0.1) is 0 Å². The molecule has 0 unspecified atom stereocenters. The lowest BCUT2D eigenvalue weighted by molar-refractivity contribution is -0.119. The fourth-order valence-corrected chi connectivity index (χ4v) is 2.16. The summed E-state index contributed by atoms with van der Waals surface area (Å²) in [7, 11) is 0. The molecule has 0 spiro atoms. The fourth-order valence-electron chi connectivity index (χ4n) is 2.16. The maximum Gasteiger partial charge on any atom is 0.240 e. The van der Waals surface area contributed by atoms with E-state index in [0.29, 0.717) is 0 Å². The molecule has 1 fully saturated rings. The molecule has 1 aliphatic rings. The molecule has 1 aliphatic heterocycles. The van der Waals surface area contributed by atoms with Crippen molar-refractivity contribution in [1.82, 2.24) is 0 Å². The summed E-state index contributed by atoms with van der Waals surface area (Å²) >= 11 is 0. The molecule has 80 valence electrons. The van der Waals surface area contributed by atoms with Crippen LogP contribution < -0.4 is 10.6 Å². The van der Waals surface area contributed by atoms with Crippen molar-refractivity contribution >= 4 is 11.6 Å². The second-order valence-electron chi connectivity index (χ2n) is 3.94. The lowest BCUT2D eigenvalue weighted by Crippen LogP contribution is -2.47. The molecule has 1 aromatic rings. The van der Waals surface area contributed by atoms with Gasteiger partial charge in [-0.25, -0.2) is 0 Å². The van der Waals surface area contributed by atoms with Gasteiger partial charge in [0.25, 0.3) is 0 Å². The Morgan fingerprint density at radius 1 is 1.27 bits per heavy atom. The Balaban J connectivity index is 2.22. The normalized spacial score (nSPS) is 21.3. The number of hydrogen-bond acceptors (Lipinski definition) is 2. The number of primary amides is 1. The predicted molar refractivity (Wildman–Crippen MR) is 60.6 cm³/mol. The quantitative estimate of drug-likeness (QED) is 0.794. The molecular formula is C12H16N2O. The van der Waals surface area contributed by atoms with Crippen molar-refractivity contribution in [2.24, 2.45) is 5.73 Å². The topological polar surface area (TPSA) is 46.3 Å². The molecule has 1 heterocycles. The van der Waals surface area contributed by atoms with Crippen molar-refractivity contribution in [3.8, 4) is 0 Å². The summed E-state index contributed by atoms with van der Waals surface area (Å²) in [5.41, 5.74) is 6.51. The summed E-state index contributed by atoms with van der Waals surface area (Å²) in [5, 5.41) is 0. The van der Waals surface area contributed by atoms with Crippen LogP contribution in [0.3, 0.4) is 0 Å². The first-order valence-electron chi connectivity index (χ1n) is 5.40. The summed E-state index contributed by atoms with van der Waals surface area (Å²) < 4.78 is 0. The second-order valence-corrected chi connectivity index (χ2v) is 3.94. The van der Waals surface area contributed by atoms with Crippen molar-refractivity contribution in [2.75, 3.05) is 11.4 Å². The lowest BCUT2D eigenvalue weighted by Gasteiger charge is -2.35. The van der Waals surface area contributed by atoms with Crippen LogP contribution in [0.1, 0.15) is 19.3 Å². The van der Waals surface area contributed by atoms with Gasteiger partial charge in [0.15, 0.2) is 0 Å². The molecule has 3 heteroatoms. The van der Waals surface area contributed by atoms with Gasteiger partial charge in [-0.05, 0) is 31.4 Å². The van der Waals surface area contributed by atoms with Crippen LogP contribution in [0.2, 0.25) is 0 Å². The number of benzene rings is 1. The number of para-hydroxylation sites is 1. The van der Waals surface area contributed by atoms with Crippen LogP contribution in [0.15, 0.2) is 30.3 Å². The SMILES string of the molecule is NC(=O)[C@@H]1CCCCN1c1ccccc1. The molecule has 0 saturated carbocycles. The highest BCUT2D eigenvalue weighted by Crippen LogP contribution is 2.24. The van der Waals surface area contributed by atoms with Crippen LogP contribution in [-0.2, 0) is 4.79 Å². The Kier molecular flexibility index (Phi) is 2.90. The van der Waals surface area contributed by atoms with E-state index in [4.69, 9.17) is 5.73 Å². The minimum atomic E-state index is -0.210. The van der Waals surface area contributed by atoms with Crippen LogP contribution in [0.5, 0.6) is 0 Å². The molecular weight excluding hydrogens is 188 g/mol. The van der Waals surface area contributed by atoms with Gasteiger partial charge in [-0.1, -0.05) is 18.2 Å². The highest BCUT2D eigenvalue weighted by atomic mass is 16.1. The van der Waals surface area contributed by atoms with Crippen LogP contribution in [0.25, 0.3) is 0 Å². The Bertz CT molecular complexity index is 337. The van der Waals surface area contributed by atoms with Gasteiger partial charge in [0.2, 0.25) is 5.91 Å². The zero-order chi connectivity index (χ0) is 10.7. The second kappa shape index (κ2) is 4.34. The van der Waals surface area contributed by atoms with Crippen molar-refractivity contribution in [1.29, 1.82) is 0 Å². The Labute approximate surface area is 89.9 Å². The van der Waals surface area contributed by atoms with E-state index in [2.05, 4.69) is 4.90 Å². The monoisotopic (exact) mass is 204 g/mol. The Morgan fingerprint density at radius 2 is 2.00 bits per heavy atom. The number of nitrogens with zero attached hydrogens (tertiary/aromatic N) is 1. The first-order chi connectivity index (χ1) is 7.29. The van der Waals surface area contributed by atoms with Gasteiger partial charge in [-0.15, -0.1) is 0 Å². The summed E-state index contributed by atoms with van der Waals surface area (Å²) in [6.07, 6.45) is 3.11. The number of carbonyl (C=O) groups excluding carboxylic acids is 1. The van der Waals surface area contributed by atoms with Gasteiger partial charge in [0.1, 0.15) is 6.04 Å². The van der Waals surface area contributed by atoms with Gasteiger partial charge in [-0.3, -0.25) is 4.79 Å². The van der Waals surface area contributed by atoms with Gasteiger partial charge in [-0.2, -0.15) is 0 Å². The molecule has 1 aromatic carbocycles. The molecule has 1 amide bonds. The molecule has 2 N–H and O–H groups in total. The van der Waals surface area contributed by atoms with E-state index in [1.54, 1.807) is 0 Å². The minimum Gasteiger partial charge on any atom is -0.368 e. The highest BCUT2D eigenvalue weighted by molar-refractivity contribution is 5.83. The zero-order valence-corrected chi connectivity index (χ0v) is 8.73. The number of anilines is 1. The molecule has 1 atom stereocenters. The van der Waals surface area contributed by atoms with E-state index in [1.807, 2.05) is 30.3 Å². The minimum absolute atomic E-state index is 0.124. The molecule has 15 heavy (non-hydrogen) atoms. The number of hydrogen-bond donors (Lipinski definition) is 1. The molecule has 0 radical (unpaired) electrons. The van der Waals surface area contributed by atoms with E-state index < -0.39 is 0 Å². The van der Waals surface area contributed by atoms with Gasteiger partial charge >= 0.3 is 0 Å². The van der Waals surface area contributed by atoms with Crippen LogP contribution in [0.4, 0.5) is 5.69 Å². The lowest BCUT2D eigenvalue weighted by atomic mass is 10.0. The largest absolute Gasteiger partial charge is 0.368 e. The third-order valence-electron chi connectivity index (χ3n) is 2.92. The summed E-state index contributed by atoms with van der Waals surface area (Å²) in [4.78, 5) is 13.4. The van der Waals surface area contributed by atoms with Gasteiger partial charge < -0.3 is 10.6 Å². The number of nitrogens with two attached hydrogens (primary N) is 1. The first kappa shape index (κ1) is 10.0. The van der Waals surface area contributed by atoms with E-state index in [0.717, 1.165) is 31.5 Å². The van der Waals surface area contributed by atoms with E-state index in [-0.39, 0.29) is 11.9 Å². The number of carbonyl (C=O) groups is 1. The maximum absolute atomic E-state index is 11.3. The van der Waals surface area contributed by atoms with E-state index >= 15 is 0 Å². The molecule has 0 aliphatic carbocycles.